The molecule has 0 fully saturated rings. The lowest BCUT2D eigenvalue weighted by Crippen LogP contribution is -2.37. The van der Waals surface area contributed by atoms with Crippen molar-refractivity contribution in [1.29, 1.82) is 0 Å². The molecular formula is C14H23NO3S. The number of sulfonamides is 1. The molecule has 0 radical (unpaired) electrons. The molecule has 0 heterocycles. The minimum absolute atomic E-state index is 0.0536. The highest BCUT2D eigenvalue weighted by Crippen LogP contribution is 2.19. The van der Waals surface area contributed by atoms with E-state index in [9.17, 15) is 8.42 Å². The maximum absolute atomic E-state index is 12.5. The van der Waals surface area contributed by atoms with Gasteiger partial charge in [0.25, 0.3) is 0 Å². The quantitative estimate of drug-likeness (QED) is 0.834. The topological polar surface area (TPSA) is 57.6 Å². The van der Waals surface area contributed by atoms with Crippen LogP contribution in [-0.2, 0) is 16.4 Å². The van der Waals surface area contributed by atoms with Crippen LogP contribution in [0.15, 0.2) is 29.2 Å². The number of hydrogen-bond donors (Lipinski definition) is 1. The molecule has 0 bridgehead atoms. The van der Waals surface area contributed by atoms with Gasteiger partial charge >= 0.3 is 0 Å². The standard InChI is InChI=1S/C14H23NO3S/c1-4-10-15(12(2)3)19(17,18)14-7-5-13(6-8-14)9-11-16/h5-8,12,16H,4,9-11H2,1-3H3. The van der Waals surface area contributed by atoms with Crippen LogP contribution >= 0.6 is 0 Å². The normalized spacial score (nSPS) is 12.3. The van der Waals surface area contributed by atoms with Crippen molar-refractivity contribution in [1.82, 2.24) is 4.31 Å². The Morgan fingerprint density at radius 2 is 1.79 bits per heavy atom. The highest BCUT2D eigenvalue weighted by atomic mass is 32.2. The summed E-state index contributed by atoms with van der Waals surface area (Å²) in [5, 5.41) is 8.85. The fourth-order valence-electron chi connectivity index (χ4n) is 1.97. The van der Waals surface area contributed by atoms with Crippen LogP contribution in [0.25, 0.3) is 0 Å². The van der Waals surface area contributed by atoms with Gasteiger partial charge in [0.05, 0.1) is 4.90 Å². The zero-order chi connectivity index (χ0) is 14.5. The van der Waals surface area contributed by atoms with E-state index in [-0.39, 0.29) is 12.6 Å². The average molecular weight is 285 g/mol. The molecular weight excluding hydrogens is 262 g/mol. The Kier molecular flexibility index (Phi) is 5.97. The molecule has 0 aliphatic rings. The zero-order valence-electron chi connectivity index (χ0n) is 11.8. The molecule has 0 unspecified atom stereocenters. The maximum Gasteiger partial charge on any atom is 0.243 e. The molecule has 108 valence electrons. The molecule has 0 spiro atoms. The number of aliphatic hydroxyl groups excluding tert-OH is 1. The van der Waals surface area contributed by atoms with E-state index >= 15 is 0 Å². The van der Waals surface area contributed by atoms with Crippen LogP contribution in [-0.4, -0.2) is 37.0 Å². The summed E-state index contributed by atoms with van der Waals surface area (Å²) in [5.41, 5.74) is 0.938. The van der Waals surface area contributed by atoms with Crippen molar-refractivity contribution >= 4 is 10.0 Å². The van der Waals surface area contributed by atoms with E-state index in [4.69, 9.17) is 5.11 Å². The number of benzene rings is 1. The minimum atomic E-state index is -3.42. The summed E-state index contributed by atoms with van der Waals surface area (Å²) in [6.45, 7) is 6.33. The van der Waals surface area contributed by atoms with Gasteiger partial charge in [-0.25, -0.2) is 8.42 Å². The Morgan fingerprint density at radius 1 is 1.21 bits per heavy atom. The lowest BCUT2D eigenvalue weighted by atomic mass is 10.2. The Hall–Kier alpha value is -0.910. The third-order valence-corrected chi connectivity index (χ3v) is 5.04. The molecule has 0 aliphatic heterocycles. The van der Waals surface area contributed by atoms with Crippen LogP contribution in [0, 0.1) is 0 Å². The summed E-state index contributed by atoms with van der Waals surface area (Å²) in [7, 11) is -3.42. The van der Waals surface area contributed by atoms with Crippen molar-refractivity contribution in [3.8, 4) is 0 Å². The lowest BCUT2D eigenvalue weighted by Gasteiger charge is -2.25. The van der Waals surface area contributed by atoms with Crippen molar-refractivity contribution < 1.29 is 13.5 Å². The number of hydrogen-bond acceptors (Lipinski definition) is 3. The average Bonchev–Trinajstić information content (AvgIpc) is 2.36. The van der Waals surface area contributed by atoms with Crippen LogP contribution < -0.4 is 0 Å². The smallest absolute Gasteiger partial charge is 0.243 e. The molecule has 4 nitrogen and oxygen atoms in total. The third kappa shape index (κ3) is 4.03. The van der Waals surface area contributed by atoms with E-state index in [0.29, 0.717) is 17.9 Å². The summed E-state index contributed by atoms with van der Waals surface area (Å²) < 4.78 is 26.5. The Bertz CT molecular complexity index is 480. The van der Waals surface area contributed by atoms with Crippen molar-refractivity contribution in [3.63, 3.8) is 0 Å². The van der Waals surface area contributed by atoms with E-state index in [1.807, 2.05) is 20.8 Å². The van der Waals surface area contributed by atoms with Crippen LogP contribution in [0.5, 0.6) is 0 Å². The van der Waals surface area contributed by atoms with Gasteiger partial charge < -0.3 is 5.11 Å². The molecule has 0 aromatic heterocycles. The first-order valence-corrected chi connectivity index (χ1v) is 8.09. The van der Waals surface area contributed by atoms with Crippen molar-refractivity contribution in [2.45, 2.75) is 44.6 Å². The zero-order valence-corrected chi connectivity index (χ0v) is 12.7. The molecule has 1 rings (SSSR count). The van der Waals surface area contributed by atoms with E-state index in [1.165, 1.54) is 4.31 Å². The monoisotopic (exact) mass is 285 g/mol. The van der Waals surface area contributed by atoms with Gasteiger partial charge in [-0.2, -0.15) is 4.31 Å². The van der Waals surface area contributed by atoms with E-state index in [2.05, 4.69) is 0 Å². The number of rotatable bonds is 7. The Labute approximate surface area is 116 Å². The third-order valence-electron chi connectivity index (χ3n) is 2.95. The summed E-state index contributed by atoms with van der Waals surface area (Å²) in [4.78, 5) is 0.316. The largest absolute Gasteiger partial charge is 0.396 e. The summed E-state index contributed by atoms with van der Waals surface area (Å²) in [6, 6.07) is 6.69. The summed E-state index contributed by atoms with van der Waals surface area (Å²) in [6.07, 6.45) is 1.34. The van der Waals surface area contributed by atoms with Crippen LogP contribution in [0.4, 0.5) is 0 Å². The first-order valence-electron chi connectivity index (χ1n) is 6.65. The Morgan fingerprint density at radius 3 is 2.21 bits per heavy atom. The minimum Gasteiger partial charge on any atom is -0.396 e. The molecule has 5 heteroatoms. The number of aliphatic hydroxyl groups is 1. The molecule has 0 saturated heterocycles. The highest BCUT2D eigenvalue weighted by molar-refractivity contribution is 7.89. The lowest BCUT2D eigenvalue weighted by molar-refractivity contribution is 0.299. The van der Waals surface area contributed by atoms with Crippen LogP contribution in [0.2, 0.25) is 0 Å². The predicted octanol–water partition coefficient (Wildman–Crippen LogP) is 2.03. The van der Waals surface area contributed by atoms with Gasteiger partial charge in [0.1, 0.15) is 0 Å². The summed E-state index contributed by atoms with van der Waals surface area (Å²) >= 11 is 0. The SMILES string of the molecule is CCCN(C(C)C)S(=O)(=O)c1ccc(CCO)cc1. The first kappa shape index (κ1) is 16.1. The summed E-state index contributed by atoms with van der Waals surface area (Å²) in [5.74, 6) is 0. The molecule has 1 N–H and O–H groups in total. The molecule has 0 atom stereocenters. The van der Waals surface area contributed by atoms with Crippen molar-refractivity contribution in [2.75, 3.05) is 13.2 Å². The second-order valence-corrected chi connectivity index (χ2v) is 6.72. The number of nitrogens with zero attached hydrogens (tertiary/aromatic N) is 1. The van der Waals surface area contributed by atoms with Crippen LogP contribution in [0.1, 0.15) is 32.8 Å². The van der Waals surface area contributed by atoms with E-state index in [0.717, 1.165) is 12.0 Å². The second kappa shape index (κ2) is 7.03. The molecule has 19 heavy (non-hydrogen) atoms. The Balaban J connectivity index is 3.04. The molecule has 1 aromatic rings. The van der Waals surface area contributed by atoms with Gasteiger partial charge in [0.2, 0.25) is 10.0 Å². The molecule has 0 aliphatic carbocycles. The van der Waals surface area contributed by atoms with Crippen molar-refractivity contribution in [3.05, 3.63) is 29.8 Å². The highest BCUT2D eigenvalue weighted by Gasteiger charge is 2.25. The second-order valence-electron chi connectivity index (χ2n) is 4.83. The maximum atomic E-state index is 12.5. The molecule has 1 aromatic carbocycles. The molecule has 0 saturated carbocycles. The van der Waals surface area contributed by atoms with Gasteiger partial charge in [0, 0.05) is 19.2 Å². The molecule has 0 amide bonds. The van der Waals surface area contributed by atoms with Gasteiger partial charge in [-0.15, -0.1) is 0 Å². The fraction of sp³-hybridized carbons (Fsp3) is 0.571. The van der Waals surface area contributed by atoms with E-state index in [1.54, 1.807) is 24.3 Å². The van der Waals surface area contributed by atoms with Gasteiger partial charge in [0.15, 0.2) is 0 Å². The van der Waals surface area contributed by atoms with Gasteiger partial charge in [-0.3, -0.25) is 0 Å². The van der Waals surface area contributed by atoms with E-state index < -0.39 is 10.0 Å². The van der Waals surface area contributed by atoms with Gasteiger partial charge in [-0.1, -0.05) is 19.1 Å². The fourth-order valence-corrected chi connectivity index (χ4v) is 3.70. The van der Waals surface area contributed by atoms with Gasteiger partial charge in [-0.05, 0) is 44.4 Å². The van der Waals surface area contributed by atoms with Crippen LogP contribution in [0.3, 0.4) is 0 Å². The predicted molar refractivity (Wildman–Crippen MR) is 76.6 cm³/mol. The van der Waals surface area contributed by atoms with Crippen molar-refractivity contribution in [2.24, 2.45) is 0 Å². The first-order chi connectivity index (χ1) is 8.93.